The monoisotopic (exact) mass is 612 g/mol. The van der Waals surface area contributed by atoms with Crippen LogP contribution in [0.1, 0.15) is 48.3 Å². The fourth-order valence-corrected chi connectivity index (χ4v) is 7.13. The molecule has 3 fully saturated rings. The Morgan fingerprint density at radius 3 is 2.44 bits per heavy atom. The SMILES string of the molecule is Cn1c(C(=O)C(NC(=O)[C@H]2CC[C@@H]3C(=O)N(CCCc4ccccc4)CC(=O)N23)C2CCN(C(=N)N)CC2)nc2ccccc21. The molecule has 3 saturated heterocycles. The minimum Gasteiger partial charge on any atom is -0.370 e. The average Bonchev–Trinajstić information content (AvgIpc) is 3.65. The van der Waals surface area contributed by atoms with E-state index in [0.717, 1.165) is 18.4 Å². The van der Waals surface area contributed by atoms with Crippen molar-refractivity contribution in [2.45, 2.75) is 56.7 Å². The lowest BCUT2D eigenvalue weighted by Gasteiger charge is -2.39. The molecule has 45 heavy (non-hydrogen) atoms. The number of nitrogens with two attached hydrogens (primary N) is 1. The van der Waals surface area contributed by atoms with Gasteiger partial charge in [0.25, 0.3) is 0 Å². The fourth-order valence-electron chi connectivity index (χ4n) is 7.13. The third-order valence-corrected chi connectivity index (χ3v) is 9.57. The smallest absolute Gasteiger partial charge is 0.245 e. The number of hydrogen-bond acceptors (Lipinski definition) is 6. The number of ketones is 1. The molecule has 236 valence electrons. The van der Waals surface area contributed by atoms with Gasteiger partial charge in [0.15, 0.2) is 11.8 Å². The zero-order valence-electron chi connectivity index (χ0n) is 25.5. The first-order valence-corrected chi connectivity index (χ1v) is 15.7. The van der Waals surface area contributed by atoms with Crippen molar-refractivity contribution in [3.05, 3.63) is 66.0 Å². The molecule has 12 heteroatoms. The Labute approximate surface area is 262 Å². The number of likely N-dealkylation sites (tertiary alicyclic amines) is 1. The van der Waals surface area contributed by atoms with Crippen LogP contribution in [0.2, 0.25) is 0 Å². The van der Waals surface area contributed by atoms with Crippen molar-refractivity contribution in [2.75, 3.05) is 26.2 Å². The summed E-state index contributed by atoms with van der Waals surface area (Å²) in [6, 6.07) is 15.1. The summed E-state index contributed by atoms with van der Waals surface area (Å²) < 4.78 is 1.74. The summed E-state index contributed by atoms with van der Waals surface area (Å²) in [5.74, 6) is -1.09. The van der Waals surface area contributed by atoms with E-state index in [1.165, 1.54) is 10.5 Å². The molecule has 0 spiro atoms. The average molecular weight is 613 g/mol. The number of carbonyl (C=O) groups is 4. The molecular weight excluding hydrogens is 572 g/mol. The van der Waals surface area contributed by atoms with E-state index in [9.17, 15) is 19.2 Å². The first kappa shape index (κ1) is 30.3. The van der Waals surface area contributed by atoms with E-state index in [1.54, 1.807) is 21.4 Å². The van der Waals surface area contributed by atoms with Gasteiger partial charge in [-0.1, -0.05) is 42.5 Å². The number of aryl methyl sites for hydroxylation is 2. The van der Waals surface area contributed by atoms with Crippen LogP contribution in [0.25, 0.3) is 11.0 Å². The second-order valence-electron chi connectivity index (χ2n) is 12.3. The van der Waals surface area contributed by atoms with Crippen LogP contribution in [0.5, 0.6) is 0 Å². The lowest BCUT2D eigenvalue weighted by Crippen LogP contribution is -2.62. The summed E-state index contributed by atoms with van der Waals surface area (Å²) in [6.07, 6.45) is 3.40. The van der Waals surface area contributed by atoms with E-state index in [-0.39, 0.29) is 41.8 Å². The molecule has 1 aromatic heterocycles. The van der Waals surface area contributed by atoms with Gasteiger partial charge in [0.05, 0.1) is 23.6 Å². The number of nitrogens with zero attached hydrogens (tertiary/aromatic N) is 5. The number of amides is 3. The van der Waals surface area contributed by atoms with Crippen LogP contribution in [0.4, 0.5) is 0 Å². The highest BCUT2D eigenvalue weighted by Crippen LogP contribution is 2.31. The predicted molar refractivity (Wildman–Crippen MR) is 168 cm³/mol. The van der Waals surface area contributed by atoms with Gasteiger partial charge in [0.1, 0.15) is 12.1 Å². The van der Waals surface area contributed by atoms with Gasteiger partial charge >= 0.3 is 0 Å². The van der Waals surface area contributed by atoms with Crippen LogP contribution in [0, 0.1) is 11.3 Å². The number of nitrogens with one attached hydrogen (secondary N) is 2. The van der Waals surface area contributed by atoms with Crippen molar-refractivity contribution in [3.8, 4) is 0 Å². The molecule has 3 atom stereocenters. The van der Waals surface area contributed by atoms with Crippen molar-refractivity contribution < 1.29 is 19.2 Å². The number of carbonyl (C=O) groups excluding carboxylic acids is 4. The number of benzene rings is 2. The lowest BCUT2D eigenvalue weighted by atomic mass is 9.86. The number of aromatic nitrogens is 2. The number of imidazole rings is 1. The van der Waals surface area contributed by atoms with Crippen LogP contribution in [0.3, 0.4) is 0 Å². The molecule has 3 aromatic rings. The number of piperazine rings is 1. The second kappa shape index (κ2) is 12.7. The van der Waals surface area contributed by atoms with Crippen LogP contribution in [0.15, 0.2) is 54.6 Å². The summed E-state index contributed by atoms with van der Waals surface area (Å²) >= 11 is 0. The van der Waals surface area contributed by atoms with Gasteiger partial charge in [-0.05, 0) is 62.1 Å². The number of fused-ring (bicyclic) bond motifs is 2. The van der Waals surface area contributed by atoms with Crippen molar-refractivity contribution in [2.24, 2.45) is 18.7 Å². The summed E-state index contributed by atoms with van der Waals surface area (Å²) in [5.41, 5.74) is 8.38. The van der Waals surface area contributed by atoms with Crippen molar-refractivity contribution in [1.29, 1.82) is 5.41 Å². The van der Waals surface area contributed by atoms with Gasteiger partial charge in [0, 0.05) is 26.7 Å². The lowest BCUT2D eigenvalue weighted by molar-refractivity contribution is -0.157. The van der Waals surface area contributed by atoms with Crippen LogP contribution < -0.4 is 11.1 Å². The first-order chi connectivity index (χ1) is 21.7. The molecule has 0 saturated carbocycles. The van der Waals surface area contributed by atoms with E-state index in [1.807, 2.05) is 54.6 Å². The number of hydrogen-bond donors (Lipinski definition) is 3. The van der Waals surface area contributed by atoms with E-state index < -0.39 is 24.0 Å². The summed E-state index contributed by atoms with van der Waals surface area (Å²) in [7, 11) is 1.78. The highest BCUT2D eigenvalue weighted by molar-refractivity contribution is 6.03. The number of para-hydroxylation sites is 2. The van der Waals surface area contributed by atoms with E-state index >= 15 is 0 Å². The van der Waals surface area contributed by atoms with Crippen molar-refractivity contribution in [3.63, 3.8) is 0 Å². The van der Waals surface area contributed by atoms with Gasteiger partial charge in [0.2, 0.25) is 23.5 Å². The van der Waals surface area contributed by atoms with Crippen molar-refractivity contribution in [1.82, 2.24) is 29.6 Å². The molecule has 3 aliphatic heterocycles. The molecule has 0 aliphatic carbocycles. The van der Waals surface area contributed by atoms with E-state index in [4.69, 9.17) is 11.1 Å². The summed E-state index contributed by atoms with van der Waals surface area (Å²) in [5, 5.41) is 10.8. The highest BCUT2D eigenvalue weighted by Gasteiger charge is 2.50. The normalized spacial score (nSPS) is 21.2. The molecule has 1 unspecified atom stereocenters. The maximum atomic E-state index is 14.1. The third-order valence-electron chi connectivity index (χ3n) is 9.57. The van der Waals surface area contributed by atoms with Crippen molar-refractivity contribution >= 4 is 40.5 Å². The molecule has 12 nitrogen and oxygen atoms in total. The van der Waals surface area contributed by atoms with E-state index in [2.05, 4.69) is 10.3 Å². The van der Waals surface area contributed by atoms with Crippen LogP contribution in [-0.2, 0) is 27.9 Å². The molecule has 2 aromatic carbocycles. The largest absolute Gasteiger partial charge is 0.370 e. The molecule has 4 heterocycles. The fraction of sp³-hybridized carbons (Fsp3) is 0.455. The Kier molecular flexibility index (Phi) is 8.55. The zero-order chi connectivity index (χ0) is 31.7. The second-order valence-corrected chi connectivity index (χ2v) is 12.3. The highest BCUT2D eigenvalue weighted by atomic mass is 16.2. The minimum absolute atomic E-state index is 0.0184. The van der Waals surface area contributed by atoms with Gasteiger partial charge in [-0.15, -0.1) is 0 Å². The van der Waals surface area contributed by atoms with Crippen LogP contribution >= 0.6 is 0 Å². The molecule has 0 bridgehead atoms. The van der Waals surface area contributed by atoms with Gasteiger partial charge in [-0.3, -0.25) is 24.6 Å². The molecule has 3 amide bonds. The quantitative estimate of drug-likeness (QED) is 0.188. The topological polar surface area (TPSA) is 158 Å². The van der Waals surface area contributed by atoms with Gasteiger partial charge < -0.3 is 30.3 Å². The van der Waals surface area contributed by atoms with Crippen LogP contribution in [-0.4, -0.2) is 98.0 Å². The Hall–Kier alpha value is -4.74. The van der Waals surface area contributed by atoms with E-state index in [0.29, 0.717) is 50.8 Å². The summed E-state index contributed by atoms with van der Waals surface area (Å²) in [6.45, 7) is 1.41. The predicted octanol–water partition coefficient (Wildman–Crippen LogP) is 1.68. The van der Waals surface area contributed by atoms with Gasteiger partial charge in [-0.2, -0.15) is 0 Å². The zero-order valence-corrected chi connectivity index (χ0v) is 25.5. The Morgan fingerprint density at radius 2 is 1.73 bits per heavy atom. The standard InChI is InChI=1S/C33H40N8O4/c1-38-24-12-6-5-11-23(24)36-30(38)29(43)28(22-15-18-39(19-16-22)33(34)35)37-31(44)25-13-14-26-32(45)40(20-27(42)41(25)26)17-7-10-21-8-3-2-4-9-21/h2-6,8-9,11-12,22,25-26,28H,7,10,13-20H2,1H3,(H3,34,35)(H,37,44)/t25-,26-,28?/m1/s1. The Balaban J connectivity index is 1.17. The number of Topliss-reactive ketones (excluding diaryl/α,β-unsaturated/α-hetero) is 1. The molecule has 3 aliphatic rings. The molecule has 4 N–H and O–H groups in total. The Bertz CT molecular complexity index is 1610. The maximum Gasteiger partial charge on any atom is 0.245 e. The maximum absolute atomic E-state index is 14.1. The molecule has 0 radical (unpaired) electrons. The molecule has 6 rings (SSSR count). The molecular formula is C33H40N8O4. The van der Waals surface area contributed by atoms with Gasteiger partial charge in [-0.25, -0.2) is 4.98 Å². The Morgan fingerprint density at radius 1 is 1.02 bits per heavy atom. The number of rotatable bonds is 9. The first-order valence-electron chi connectivity index (χ1n) is 15.7. The number of guanidine groups is 1. The minimum atomic E-state index is -0.883. The number of piperidine rings is 1. The third kappa shape index (κ3) is 6.01. The summed E-state index contributed by atoms with van der Waals surface area (Å²) in [4.78, 5) is 64.3.